The number of ether oxygens (including phenoxy) is 2. The predicted molar refractivity (Wildman–Crippen MR) is 339 cm³/mol. The molecule has 0 fully saturated rings. The van der Waals surface area contributed by atoms with Gasteiger partial charge in [-0.2, -0.15) is 0 Å². The van der Waals surface area contributed by atoms with Crippen LogP contribution < -0.4 is 5.73 Å². The van der Waals surface area contributed by atoms with E-state index in [0.717, 1.165) is 103 Å². The van der Waals surface area contributed by atoms with Crippen LogP contribution in [0.4, 0.5) is 0 Å². The maximum atomic E-state index is 12.7. The minimum Gasteiger partial charge on any atom is -0.462 e. The molecule has 0 radical (unpaired) electrons. The second kappa shape index (κ2) is 63.6. The molecule has 0 bridgehead atoms. The highest BCUT2D eigenvalue weighted by atomic mass is 31.2. The summed E-state index contributed by atoms with van der Waals surface area (Å²) in [5.74, 6) is -0.858. The third kappa shape index (κ3) is 63.5. The lowest BCUT2D eigenvalue weighted by atomic mass is 10.0. The number of rotatable bonds is 59. The van der Waals surface area contributed by atoms with Gasteiger partial charge in [0.2, 0.25) is 0 Å². The molecule has 0 heterocycles. The molecular formula is C69H118NO8P. The number of hydrogen-bond donors (Lipinski definition) is 2. The molecule has 0 aliphatic carbocycles. The molecule has 0 aromatic rings. The molecule has 0 rings (SSSR count). The first-order valence-corrected chi connectivity index (χ1v) is 33.5. The summed E-state index contributed by atoms with van der Waals surface area (Å²) in [4.78, 5) is 35.3. The monoisotopic (exact) mass is 1120 g/mol. The summed E-state index contributed by atoms with van der Waals surface area (Å²) in [5, 5.41) is 0. The van der Waals surface area contributed by atoms with Gasteiger partial charge in [0, 0.05) is 19.4 Å². The van der Waals surface area contributed by atoms with Crippen molar-refractivity contribution in [1.82, 2.24) is 0 Å². The predicted octanol–water partition coefficient (Wildman–Crippen LogP) is 20.7. The average Bonchev–Trinajstić information content (AvgIpc) is 3.44. The Morgan fingerprint density at radius 3 is 1.04 bits per heavy atom. The summed E-state index contributed by atoms with van der Waals surface area (Å²) in [5.41, 5.74) is 5.39. The quantitative estimate of drug-likeness (QED) is 0.0264. The molecular weight excluding hydrogens is 1000 g/mol. The van der Waals surface area contributed by atoms with Gasteiger partial charge in [0.1, 0.15) is 6.61 Å². The van der Waals surface area contributed by atoms with E-state index in [9.17, 15) is 19.0 Å². The molecule has 0 aliphatic rings. The SMILES string of the molecule is CC/C=C\C/C=C\C/C=C\C/C=C\C/C=C\C/C=C\C/C=C\C/C=C\CCCCCCC(=O)OC(COC(=O)CCCCCCCCCCCCCCCCCCC/C=C\C/C=C\CCCCCCC)COP(=O)(O)OCCN. The Kier molecular flexibility index (Phi) is 60.7. The summed E-state index contributed by atoms with van der Waals surface area (Å²) in [6, 6.07) is 0. The molecule has 0 aromatic heterocycles. The molecule has 2 unspecified atom stereocenters. The van der Waals surface area contributed by atoms with Crippen LogP contribution in [0.3, 0.4) is 0 Å². The Labute approximate surface area is 485 Å². The van der Waals surface area contributed by atoms with Crippen LogP contribution in [0, 0.1) is 0 Å². The number of allylic oxidation sites excluding steroid dienone is 20. The van der Waals surface area contributed by atoms with Crippen molar-refractivity contribution >= 4 is 19.8 Å². The lowest BCUT2D eigenvalue weighted by Gasteiger charge is -2.19. The van der Waals surface area contributed by atoms with Gasteiger partial charge in [0.05, 0.1) is 13.2 Å². The normalized spacial score (nSPS) is 13.8. The fraction of sp³-hybridized carbons (Fsp3) is 0.681. The second-order valence-electron chi connectivity index (χ2n) is 20.9. The molecule has 0 aromatic carbocycles. The molecule has 0 saturated carbocycles. The first-order valence-electron chi connectivity index (χ1n) is 32.0. The van der Waals surface area contributed by atoms with Crippen molar-refractivity contribution in [2.24, 2.45) is 5.73 Å². The summed E-state index contributed by atoms with van der Waals surface area (Å²) in [6.45, 7) is 3.60. The van der Waals surface area contributed by atoms with Crippen molar-refractivity contribution in [2.75, 3.05) is 26.4 Å². The van der Waals surface area contributed by atoms with Crippen LogP contribution in [0.1, 0.15) is 271 Å². The van der Waals surface area contributed by atoms with E-state index < -0.39 is 26.5 Å². The van der Waals surface area contributed by atoms with Gasteiger partial charge in [-0.3, -0.25) is 18.6 Å². The topological polar surface area (TPSA) is 134 Å². The maximum absolute atomic E-state index is 12.7. The number of esters is 2. The van der Waals surface area contributed by atoms with Crippen molar-refractivity contribution in [3.8, 4) is 0 Å². The maximum Gasteiger partial charge on any atom is 0.472 e. The standard InChI is InChI=1S/C69H118NO8P/c1-3-5-7-9-11-13-15-17-19-21-23-25-27-29-31-33-35-37-39-41-43-45-47-49-51-53-55-57-59-61-68(71)75-65-67(66-77-79(73,74)76-64-63-70)78-69(72)62-60-58-56-54-52-50-48-46-44-42-40-38-36-34-32-30-28-26-24-22-20-18-16-14-12-10-8-6-4-2/h6,8,12,14-15,17-18,20-21,23-24,26,30,32,36,38,42,44,48,50,67H,3-5,7,9-11,13,16,19,22,25,27-29,31,33-35,37,39-41,43,45-47,49,51-66,70H2,1-2H3,(H,73,74)/b8-6-,14-12-,17-15-,20-18-,23-21-,26-24-,32-30-,38-36-,44-42-,50-48-. The van der Waals surface area contributed by atoms with E-state index >= 15 is 0 Å². The molecule has 0 aliphatic heterocycles. The van der Waals surface area contributed by atoms with Gasteiger partial charge < -0.3 is 20.1 Å². The van der Waals surface area contributed by atoms with Gasteiger partial charge in [0.25, 0.3) is 0 Å². The third-order valence-corrected chi connectivity index (χ3v) is 14.3. The summed E-state index contributed by atoms with van der Waals surface area (Å²) in [6.07, 6.45) is 88.4. The number of carbonyl (C=O) groups excluding carboxylic acids is 2. The van der Waals surface area contributed by atoms with E-state index in [4.69, 9.17) is 24.3 Å². The number of nitrogens with two attached hydrogens (primary N) is 1. The van der Waals surface area contributed by atoms with Crippen molar-refractivity contribution < 1.29 is 37.6 Å². The van der Waals surface area contributed by atoms with Crippen LogP contribution >= 0.6 is 7.82 Å². The number of hydrogen-bond acceptors (Lipinski definition) is 8. The van der Waals surface area contributed by atoms with Gasteiger partial charge in [-0.05, 0) is 109 Å². The molecule has 0 amide bonds. The minimum absolute atomic E-state index is 0.0433. The van der Waals surface area contributed by atoms with Crippen molar-refractivity contribution in [3.05, 3.63) is 122 Å². The smallest absolute Gasteiger partial charge is 0.462 e. The van der Waals surface area contributed by atoms with Crippen molar-refractivity contribution in [1.29, 1.82) is 0 Å². The Morgan fingerprint density at radius 1 is 0.392 bits per heavy atom. The summed E-state index contributed by atoms with van der Waals surface area (Å²) >= 11 is 0. The van der Waals surface area contributed by atoms with Crippen LogP contribution in [0.25, 0.3) is 0 Å². The van der Waals surface area contributed by atoms with Gasteiger partial charge in [-0.1, -0.05) is 270 Å². The summed E-state index contributed by atoms with van der Waals surface area (Å²) in [7, 11) is -4.41. The van der Waals surface area contributed by atoms with Crippen molar-refractivity contribution in [3.63, 3.8) is 0 Å². The van der Waals surface area contributed by atoms with Gasteiger partial charge in [-0.15, -0.1) is 0 Å². The van der Waals surface area contributed by atoms with Crippen LogP contribution in [0.15, 0.2) is 122 Å². The lowest BCUT2D eigenvalue weighted by molar-refractivity contribution is -0.161. The number of carbonyl (C=O) groups is 2. The number of unbranched alkanes of at least 4 members (excludes halogenated alkanes) is 26. The first-order chi connectivity index (χ1) is 38.8. The van der Waals surface area contributed by atoms with Gasteiger partial charge >= 0.3 is 19.8 Å². The molecule has 79 heavy (non-hydrogen) atoms. The molecule has 10 heteroatoms. The zero-order valence-electron chi connectivity index (χ0n) is 50.6. The van der Waals surface area contributed by atoms with Crippen LogP contribution in [0.5, 0.6) is 0 Å². The molecule has 2 atom stereocenters. The van der Waals surface area contributed by atoms with Crippen LogP contribution in [0.2, 0.25) is 0 Å². The molecule has 452 valence electrons. The third-order valence-electron chi connectivity index (χ3n) is 13.3. The van der Waals surface area contributed by atoms with E-state index in [1.165, 1.54) is 135 Å². The Bertz CT molecular complexity index is 1710. The highest BCUT2D eigenvalue weighted by Gasteiger charge is 2.26. The number of phosphoric ester groups is 1. The average molecular weight is 1120 g/mol. The molecule has 0 saturated heterocycles. The largest absolute Gasteiger partial charge is 0.472 e. The fourth-order valence-electron chi connectivity index (χ4n) is 8.62. The number of phosphoric acid groups is 1. The molecule has 3 N–H and O–H groups in total. The second-order valence-corrected chi connectivity index (χ2v) is 22.3. The Hall–Kier alpha value is -3.59. The minimum atomic E-state index is -4.41. The Balaban J connectivity index is 4.01. The van der Waals surface area contributed by atoms with Crippen LogP contribution in [-0.2, 0) is 32.7 Å². The first kappa shape index (κ1) is 75.4. The van der Waals surface area contributed by atoms with Crippen molar-refractivity contribution in [2.45, 2.75) is 277 Å². The van der Waals surface area contributed by atoms with Gasteiger partial charge in [0.15, 0.2) is 6.10 Å². The van der Waals surface area contributed by atoms with Gasteiger partial charge in [-0.25, -0.2) is 4.57 Å². The zero-order chi connectivity index (χ0) is 57.3. The van der Waals surface area contributed by atoms with E-state index in [0.29, 0.717) is 6.42 Å². The lowest BCUT2D eigenvalue weighted by Crippen LogP contribution is -2.29. The molecule has 0 spiro atoms. The summed E-state index contributed by atoms with van der Waals surface area (Å²) < 4.78 is 33.1. The highest BCUT2D eigenvalue weighted by Crippen LogP contribution is 2.43. The van der Waals surface area contributed by atoms with E-state index in [1.807, 2.05) is 0 Å². The fourth-order valence-corrected chi connectivity index (χ4v) is 9.39. The zero-order valence-corrected chi connectivity index (χ0v) is 51.5. The van der Waals surface area contributed by atoms with Crippen LogP contribution in [-0.4, -0.2) is 49.3 Å². The highest BCUT2D eigenvalue weighted by molar-refractivity contribution is 7.47. The van der Waals surface area contributed by atoms with E-state index in [-0.39, 0.29) is 38.6 Å². The molecule has 9 nitrogen and oxygen atoms in total. The van der Waals surface area contributed by atoms with E-state index in [1.54, 1.807) is 0 Å². The van der Waals surface area contributed by atoms with E-state index in [2.05, 4.69) is 135 Å². The Morgan fingerprint density at radius 2 is 0.696 bits per heavy atom.